The summed E-state index contributed by atoms with van der Waals surface area (Å²) in [7, 11) is 3.53. The van der Waals surface area contributed by atoms with Crippen molar-refractivity contribution in [3.8, 4) is 10.4 Å². The molecule has 2 aromatic heterocycles. The van der Waals surface area contributed by atoms with Crippen LogP contribution in [0.25, 0.3) is 21.3 Å². The van der Waals surface area contributed by atoms with E-state index in [0.29, 0.717) is 18.0 Å². The Balaban J connectivity index is 1.72. The van der Waals surface area contributed by atoms with E-state index in [1.807, 2.05) is 23.8 Å². The van der Waals surface area contributed by atoms with E-state index in [1.165, 1.54) is 0 Å². The third kappa shape index (κ3) is 3.24. The van der Waals surface area contributed by atoms with Gasteiger partial charge in [-0.1, -0.05) is 6.07 Å². The lowest BCUT2D eigenvalue weighted by Crippen LogP contribution is -2.31. The number of ether oxygens (including phenoxy) is 1. The fraction of sp³-hybridized carbons (Fsp3) is 0.421. The molecule has 0 amide bonds. The van der Waals surface area contributed by atoms with Gasteiger partial charge in [-0.3, -0.25) is 9.55 Å². The van der Waals surface area contributed by atoms with E-state index in [9.17, 15) is 4.79 Å². The highest BCUT2D eigenvalue weighted by molar-refractivity contribution is 7.13. The van der Waals surface area contributed by atoms with Crippen LogP contribution in [0.3, 0.4) is 0 Å². The Labute approximate surface area is 155 Å². The summed E-state index contributed by atoms with van der Waals surface area (Å²) in [5.41, 5.74) is 3.56. The highest BCUT2D eigenvalue weighted by Gasteiger charge is 2.22. The molecule has 1 aliphatic carbocycles. The predicted molar refractivity (Wildman–Crippen MR) is 105 cm³/mol. The molecule has 1 saturated carbocycles. The summed E-state index contributed by atoms with van der Waals surface area (Å²) in [4.78, 5) is 21.9. The first-order valence-electron chi connectivity index (χ1n) is 8.84. The van der Waals surface area contributed by atoms with Crippen LogP contribution in [0.4, 0.5) is 5.82 Å². The minimum Gasteiger partial charge on any atom is -0.381 e. The van der Waals surface area contributed by atoms with Crippen LogP contribution >= 0.6 is 11.3 Å². The van der Waals surface area contributed by atoms with Gasteiger partial charge in [0.15, 0.2) is 0 Å². The second-order valence-electron chi connectivity index (χ2n) is 6.75. The molecule has 0 saturated heterocycles. The maximum absolute atomic E-state index is 12.3. The Hall–Kier alpha value is -2.25. The molecule has 3 aromatic rings. The third-order valence-corrected chi connectivity index (χ3v) is 5.99. The van der Waals surface area contributed by atoms with Gasteiger partial charge >= 0.3 is 5.69 Å². The number of rotatable bonds is 4. The normalized spacial score (nSPS) is 20.4. The average Bonchev–Trinajstić information content (AvgIpc) is 3.21. The molecular formula is C19H22N4O2S. The van der Waals surface area contributed by atoms with Crippen LogP contribution in [-0.4, -0.2) is 33.8 Å². The van der Waals surface area contributed by atoms with Crippen molar-refractivity contribution >= 4 is 28.1 Å². The molecular weight excluding hydrogens is 348 g/mol. The highest BCUT2D eigenvalue weighted by atomic mass is 32.1. The number of methoxy groups -OCH3 is 1. The van der Waals surface area contributed by atoms with Crippen LogP contribution in [0.1, 0.15) is 25.7 Å². The second kappa shape index (κ2) is 7.17. The van der Waals surface area contributed by atoms with Crippen molar-refractivity contribution < 1.29 is 4.74 Å². The largest absolute Gasteiger partial charge is 0.381 e. The van der Waals surface area contributed by atoms with Gasteiger partial charge in [0.2, 0.25) is 0 Å². The lowest BCUT2D eigenvalue weighted by Gasteiger charge is -2.28. The minimum absolute atomic E-state index is 0.240. The zero-order valence-electron chi connectivity index (χ0n) is 14.9. The lowest BCUT2D eigenvalue weighted by atomic mass is 9.93. The van der Waals surface area contributed by atoms with Gasteiger partial charge in [0.1, 0.15) is 5.82 Å². The quantitative estimate of drug-likeness (QED) is 0.762. The number of anilines is 1. The van der Waals surface area contributed by atoms with Crippen LogP contribution in [0.5, 0.6) is 0 Å². The molecule has 0 aliphatic heterocycles. The number of nitrogens with zero attached hydrogens (tertiary/aromatic N) is 3. The van der Waals surface area contributed by atoms with E-state index in [-0.39, 0.29) is 5.69 Å². The number of thiazole rings is 1. The molecule has 0 unspecified atom stereocenters. The van der Waals surface area contributed by atoms with Crippen molar-refractivity contribution in [2.45, 2.75) is 37.8 Å². The van der Waals surface area contributed by atoms with Gasteiger partial charge in [0.05, 0.1) is 22.0 Å². The number of aryl methyl sites for hydroxylation is 1. The van der Waals surface area contributed by atoms with Crippen LogP contribution in [0, 0.1) is 0 Å². The molecule has 2 heterocycles. The zero-order chi connectivity index (χ0) is 18.1. The lowest BCUT2D eigenvalue weighted by molar-refractivity contribution is 0.0681. The molecule has 1 N–H and O–H groups in total. The Morgan fingerprint density at radius 1 is 1.27 bits per heavy atom. The molecule has 1 fully saturated rings. The summed E-state index contributed by atoms with van der Waals surface area (Å²) >= 11 is 1.60. The fourth-order valence-corrected chi connectivity index (χ4v) is 4.23. The summed E-state index contributed by atoms with van der Waals surface area (Å²) in [6.07, 6.45) is 6.31. The zero-order valence-corrected chi connectivity index (χ0v) is 15.8. The molecule has 6 nitrogen and oxygen atoms in total. The average molecular weight is 370 g/mol. The van der Waals surface area contributed by atoms with Crippen LogP contribution in [0.15, 0.2) is 34.7 Å². The first-order chi connectivity index (χ1) is 12.7. The molecule has 4 rings (SSSR count). The second-order valence-corrected chi connectivity index (χ2v) is 7.64. The number of hydrogen-bond donors (Lipinski definition) is 1. The topological polar surface area (TPSA) is 69.0 Å². The highest BCUT2D eigenvalue weighted by Crippen LogP contribution is 2.30. The smallest absolute Gasteiger partial charge is 0.349 e. The molecule has 0 atom stereocenters. The number of aromatic nitrogens is 3. The first kappa shape index (κ1) is 17.2. The summed E-state index contributed by atoms with van der Waals surface area (Å²) in [5, 5.41) is 4.48. The van der Waals surface area contributed by atoms with Gasteiger partial charge in [-0.05, 0) is 43.4 Å². The number of hydrogen-bond acceptors (Lipinski definition) is 6. The van der Waals surface area contributed by atoms with Crippen molar-refractivity contribution in [2.75, 3.05) is 12.4 Å². The molecule has 7 heteroatoms. The summed E-state index contributed by atoms with van der Waals surface area (Å²) < 4.78 is 7.05. The Kier molecular flexibility index (Phi) is 4.74. The summed E-state index contributed by atoms with van der Waals surface area (Å²) in [6.45, 7) is 0. The maximum atomic E-state index is 12.3. The Morgan fingerprint density at radius 3 is 2.77 bits per heavy atom. The van der Waals surface area contributed by atoms with Crippen molar-refractivity contribution in [3.05, 3.63) is 40.4 Å². The SMILES string of the molecule is CO[C@H]1CC[C@@H](Nc2nc(=O)n(C)c3ccc(-c4cncs4)cc23)CC1. The van der Waals surface area contributed by atoms with Gasteiger partial charge in [0.25, 0.3) is 0 Å². The summed E-state index contributed by atoms with van der Waals surface area (Å²) in [6, 6.07) is 6.43. The molecule has 0 bridgehead atoms. The van der Waals surface area contributed by atoms with E-state index < -0.39 is 0 Å². The van der Waals surface area contributed by atoms with Crippen molar-refractivity contribution in [3.63, 3.8) is 0 Å². The van der Waals surface area contributed by atoms with E-state index in [0.717, 1.165) is 47.0 Å². The van der Waals surface area contributed by atoms with Gasteiger partial charge in [0, 0.05) is 31.8 Å². The van der Waals surface area contributed by atoms with Crippen molar-refractivity contribution in [1.82, 2.24) is 14.5 Å². The standard InChI is InChI=1S/C19H22N4O2S/c1-23-16-8-3-12(17-10-20-11-26-17)9-15(16)18(22-19(23)24)21-13-4-6-14(25-2)7-5-13/h3,8-11,13-14H,4-7H2,1-2H3,(H,21,22,24)/t13-,14+. The first-order valence-corrected chi connectivity index (χ1v) is 9.72. The van der Waals surface area contributed by atoms with Crippen LogP contribution < -0.4 is 11.0 Å². The fourth-order valence-electron chi connectivity index (χ4n) is 3.61. The molecule has 0 spiro atoms. The summed E-state index contributed by atoms with van der Waals surface area (Å²) in [5.74, 6) is 0.676. The molecule has 1 aromatic carbocycles. The third-order valence-electron chi connectivity index (χ3n) is 5.17. The number of benzene rings is 1. The Bertz CT molecular complexity index is 960. The monoisotopic (exact) mass is 370 g/mol. The molecule has 26 heavy (non-hydrogen) atoms. The van der Waals surface area contributed by atoms with Gasteiger partial charge in [-0.15, -0.1) is 11.3 Å². The molecule has 1 aliphatic rings. The van der Waals surface area contributed by atoms with E-state index in [1.54, 1.807) is 30.1 Å². The van der Waals surface area contributed by atoms with Gasteiger partial charge in [-0.2, -0.15) is 4.98 Å². The van der Waals surface area contributed by atoms with Crippen LogP contribution in [-0.2, 0) is 11.8 Å². The number of nitrogens with one attached hydrogen (secondary N) is 1. The predicted octanol–water partition coefficient (Wildman–Crippen LogP) is 3.43. The molecule has 0 radical (unpaired) electrons. The van der Waals surface area contributed by atoms with Crippen molar-refractivity contribution in [2.24, 2.45) is 7.05 Å². The van der Waals surface area contributed by atoms with Gasteiger partial charge in [-0.25, -0.2) is 4.79 Å². The van der Waals surface area contributed by atoms with Gasteiger partial charge < -0.3 is 10.1 Å². The van der Waals surface area contributed by atoms with Crippen molar-refractivity contribution in [1.29, 1.82) is 0 Å². The molecule has 136 valence electrons. The maximum Gasteiger partial charge on any atom is 0.349 e. The van der Waals surface area contributed by atoms with Crippen LogP contribution in [0.2, 0.25) is 0 Å². The minimum atomic E-state index is -0.240. The number of fused-ring (bicyclic) bond motifs is 1. The van der Waals surface area contributed by atoms with E-state index >= 15 is 0 Å². The van der Waals surface area contributed by atoms with E-state index in [2.05, 4.69) is 21.4 Å². The Morgan fingerprint density at radius 2 is 2.08 bits per heavy atom. The van der Waals surface area contributed by atoms with E-state index in [4.69, 9.17) is 4.74 Å².